The number of anilines is 3. The molecule has 0 radical (unpaired) electrons. The summed E-state index contributed by atoms with van der Waals surface area (Å²) in [6, 6.07) is 33.8. The monoisotopic (exact) mass is 507 g/mol. The van der Waals surface area contributed by atoms with Crippen molar-refractivity contribution < 1.29 is 9.59 Å². The fraction of sp³-hybridized carbons (Fsp3) is 0. The zero-order valence-corrected chi connectivity index (χ0v) is 20.7. The number of hydrogen-bond acceptors (Lipinski definition) is 6. The van der Waals surface area contributed by atoms with Gasteiger partial charge < -0.3 is 4.90 Å². The second kappa shape index (κ2) is 9.29. The van der Waals surface area contributed by atoms with Crippen molar-refractivity contribution in [3.8, 4) is 12.1 Å². The molecule has 38 heavy (non-hydrogen) atoms. The van der Waals surface area contributed by atoms with Crippen molar-refractivity contribution in [3.63, 3.8) is 0 Å². The van der Waals surface area contributed by atoms with E-state index in [4.69, 9.17) is 0 Å². The van der Waals surface area contributed by atoms with Gasteiger partial charge in [-0.05, 0) is 77.5 Å². The number of ketones is 2. The molecular formula is C32H17N3O2S. The predicted molar refractivity (Wildman–Crippen MR) is 149 cm³/mol. The van der Waals surface area contributed by atoms with Crippen LogP contribution in [-0.2, 0) is 0 Å². The van der Waals surface area contributed by atoms with E-state index in [2.05, 4.69) is 12.1 Å². The van der Waals surface area contributed by atoms with E-state index in [1.54, 1.807) is 42.5 Å². The maximum atomic E-state index is 13.2. The summed E-state index contributed by atoms with van der Waals surface area (Å²) < 4.78 is 0. The number of Topliss-reactive ketones (excluding diaryl/α,β-unsaturated/α-hetero) is 2. The van der Waals surface area contributed by atoms with Crippen LogP contribution in [-0.4, -0.2) is 11.6 Å². The van der Waals surface area contributed by atoms with Crippen molar-refractivity contribution in [3.05, 3.63) is 130 Å². The first kappa shape index (κ1) is 23.1. The van der Waals surface area contributed by atoms with Gasteiger partial charge >= 0.3 is 0 Å². The number of nitriles is 2. The quantitative estimate of drug-likeness (QED) is 0.185. The van der Waals surface area contributed by atoms with Crippen molar-refractivity contribution in [1.29, 1.82) is 10.5 Å². The standard InChI is InChI=1S/C32H17N3O2S/c33-18-20-5-3-9-24(13-20)35(25-10-4-6-21(14-25)19-34)30-12-11-26(38-30)17-29-31(36)27-15-22-7-1-2-8-23(22)16-28(27)32(29)37/h1-17H. The summed E-state index contributed by atoms with van der Waals surface area (Å²) in [6.07, 6.45) is 1.65. The van der Waals surface area contributed by atoms with Gasteiger partial charge in [-0.2, -0.15) is 10.5 Å². The Morgan fingerprint density at radius 2 is 1.21 bits per heavy atom. The highest BCUT2D eigenvalue weighted by Gasteiger charge is 2.33. The van der Waals surface area contributed by atoms with Crippen LogP contribution in [0.25, 0.3) is 16.8 Å². The van der Waals surface area contributed by atoms with Crippen LogP contribution in [0.3, 0.4) is 0 Å². The van der Waals surface area contributed by atoms with Gasteiger partial charge in [0, 0.05) is 27.4 Å². The third-order valence-electron chi connectivity index (χ3n) is 6.45. The lowest BCUT2D eigenvalue weighted by atomic mass is 10.0. The third-order valence-corrected chi connectivity index (χ3v) is 7.47. The Kier molecular flexibility index (Phi) is 5.65. The van der Waals surface area contributed by atoms with Crippen molar-refractivity contribution in [2.24, 2.45) is 0 Å². The molecule has 5 aromatic rings. The Morgan fingerprint density at radius 1 is 0.658 bits per heavy atom. The highest BCUT2D eigenvalue weighted by Crippen LogP contribution is 2.40. The Morgan fingerprint density at radius 3 is 1.74 bits per heavy atom. The highest BCUT2D eigenvalue weighted by molar-refractivity contribution is 7.17. The molecule has 1 aliphatic rings. The summed E-state index contributed by atoms with van der Waals surface area (Å²) in [4.78, 5) is 29.1. The SMILES string of the molecule is N#Cc1cccc(N(c2cccc(C#N)c2)c2ccc(C=C3C(=O)c4cc5ccccc5cc4C3=O)s2)c1. The predicted octanol–water partition coefficient (Wildman–Crippen LogP) is 7.58. The average Bonchev–Trinajstić information content (AvgIpc) is 3.50. The van der Waals surface area contributed by atoms with Gasteiger partial charge in [-0.15, -0.1) is 11.3 Å². The van der Waals surface area contributed by atoms with Crippen LogP contribution in [0.5, 0.6) is 0 Å². The van der Waals surface area contributed by atoms with Crippen LogP contribution < -0.4 is 4.90 Å². The molecule has 0 atom stereocenters. The molecule has 1 aliphatic carbocycles. The number of carbonyl (C=O) groups excluding carboxylic acids is 2. The maximum absolute atomic E-state index is 13.2. The zero-order chi connectivity index (χ0) is 26.2. The van der Waals surface area contributed by atoms with Crippen molar-refractivity contribution in [1.82, 2.24) is 0 Å². The molecule has 0 spiro atoms. The Labute approximate surface area is 222 Å². The average molecular weight is 508 g/mol. The van der Waals surface area contributed by atoms with E-state index >= 15 is 0 Å². The molecular weight excluding hydrogens is 490 g/mol. The molecule has 1 aromatic heterocycles. The molecule has 4 aromatic carbocycles. The van der Waals surface area contributed by atoms with E-state index < -0.39 is 0 Å². The lowest BCUT2D eigenvalue weighted by Gasteiger charge is -2.23. The van der Waals surface area contributed by atoms with Crippen LogP contribution >= 0.6 is 11.3 Å². The van der Waals surface area contributed by atoms with Crippen LogP contribution in [0.2, 0.25) is 0 Å². The first-order valence-electron chi connectivity index (χ1n) is 11.8. The van der Waals surface area contributed by atoms with Gasteiger partial charge in [0.1, 0.15) is 5.00 Å². The van der Waals surface area contributed by atoms with Gasteiger partial charge in [-0.25, -0.2) is 0 Å². The number of allylic oxidation sites excluding steroid dienone is 1. The second-order valence-electron chi connectivity index (χ2n) is 8.80. The van der Waals surface area contributed by atoms with Gasteiger partial charge in [0.05, 0.1) is 28.8 Å². The van der Waals surface area contributed by atoms with Crippen LogP contribution in [0.15, 0.2) is 103 Å². The zero-order valence-electron chi connectivity index (χ0n) is 19.9. The largest absolute Gasteiger partial charge is 0.302 e. The van der Waals surface area contributed by atoms with E-state index in [1.165, 1.54) is 11.3 Å². The molecule has 0 fully saturated rings. The van der Waals surface area contributed by atoms with Gasteiger partial charge in [-0.1, -0.05) is 36.4 Å². The molecule has 0 N–H and O–H groups in total. The summed E-state index contributed by atoms with van der Waals surface area (Å²) >= 11 is 1.41. The summed E-state index contributed by atoms with van der Waals surface area (Å²) in [7, 11) is 0. The Hall–Kier alpha value is -5.30. The number of fused-ring (bicyclic) bond motifs is 2. The highest BCUT2D eigenvalue weighted by atomic mass is 32.1. The van der Waals surface area contributed by atoms with E-state index in [9.17, 15) is 20.1 Å². The Balaban J connectivity index is 1.42. The summed E-state index contributed by atoms with van der Waals surface area (Å²) in [5.41, 5.74) is 3.54. The van der Waals surface area contributed by atoms with Crippen LogP contribution in [0.4, 0.5) is 16.4 Å². The topological polar surface area (TPSA) is 85.0 Å². The second-order valence-corrected chi connectivity index (χ2v) is 9.89. The molecule has 6 heteroatoms. The normalized spacial score (nSPS) is 12.2. The molecule has 1 heterocycles. The van der Waals surface area contributed by atoms with Crippen molar-refractivity contribution >= 4 is 56.1 Å². The summed E-state index contributed by atoms with van der Waals surface area (Å²) in [5, 5.41) is 21.5. The van der Waals surface area contributed by atoms with Crippen molar-refractivity contribution in [2.75, 3.05) is 4.90 Å². The number of carbonyl (C=O) groups is 2. The number of rotatable bonds is 4. The first-order chi connectivity index (χ1) is 18.6. The molecule has 0 saturated heterocycles. The Bertz CT molecular complexity index is 1790. The van der Waals surface area contributed by atoms with Gasteiger partial charge in [-0.3, -0.25) is 9.59 Å². The van der Waals surface area contributed by atoms with Gasteiger partial charge in [0.2, 0.25) is 0 Å². The number of thiophene rings is 1. The first-order valence-corrected chi connectivity index (χ1v) is 12.6. The molecule has 6 rings (SSSR count). The van der Waals surface area contributed by atoms with E-state index in [1.807, 2.05) is 65.6 Å². The minimum Gasteiger partial charge on any atom is -0.302 e. The fourth-order valence-corrected chi connectivity index (χ4v) is 5.65. The van der Waals surface area contributed by atoms with Crippen LogP contribution in [0.1, 0.15) is 36.7 Å². The molecule has 0 bridgehead atoms. The van der Waals surface area contributed by atoms with Gasteiger partial charge in [0.15, 0.2) is 11.6 Å². The summed E-state index contributed by atoms with van der Waals surface area (Å²) in [6.45, 7) is 0. The molecule has 0 saturated carbocycles. The minimum absolute atomic E-state index is 0.146. The minimum atomic E-state index is -0.272. The molecule has 0 aliphatic heterocycles. The smallest absolute Gasteiger partial charge is 0.197 e. The number of benzene rings is 4. The van der Waals surface area contributed by atoms with Gasteiger partial charge in [0.25, 0.3) is 0 Å². The molecule has 178 valence electrons. The lowest BCUT2D eigenvalue weighted by molar-refractivity contribution is 0.0990. The lowest BCUT2D eigenvalue weighted by Crippen LogP contribution is -2.08. The molecule has 5 nitrogen and oxygen atoms in total. The molecule has 0 amide bonds. The summed E-state index contributed by atoms with van der Waals surface area (Å²) in [5.74, 6) is -0.544. The maximum Gasteiger partial charge on any atom is 0.197 e. The third kappa shape index (κ3) is 3.96. The van der Waals surface area contributed by atoms with E-state index in [-0.39, 0.29) is 17.1 Å². The number of hydrogen-bond donors (Lipinski definition) is 0. The van der Waals surface area contributed by atoms with Crippen LogP contribution in [0, 0.1) is 22.7 Å². The van der Waals surface area contributed by atoms with E-state index in [0.717, 1.165) is 32.0 Å². The fourth-order valence-electron chi connectivity index (χ4n) is 4.66. The van der Waals surface area contributed by atoms with Crippen molar-refractivity contribution in [2.45, 2.75) is 0 Å². The number of nitrogens with zero attached hydrogens (tertiary/aromatic N) is 3. The molecule has 0 unspecified atom stereocenters. The van der Waals surface area contributed by atoms with E-state index in [0.29, 0.717) is 22.3 Å².